The number of carbonyl (C=O) groups excluding carboxylic acids is 1. The van der Waals surface area contributed by atoms with Gasteiger partial charge in [0, 0.05) is 12.1 Å². The number of hydrogen-bond donors (Lipinski definition) is 2. The Labute approximate surface area is 148 Å². The van der Waals surface area contributed by atoms with E-state index in [4.69, 9.17) is 5.11 Å². The van der Waals surface area contributed by atoms with Gasteiger partial charge < -0.3 is 10.4 Å². The molecule has 4 nitrogen and oxygen atoms in total. The molecule has 2 rings (SSSR count). The summed E-state index contributed by atoms with van der Waals surface area (Å²) in [5, 5.41) is 11.7. The number of para-hydroxylation sites is 1. The van der Waals surface area contributed by atoms with Gasteiger partial charge in [-0.2, -0.15) is 0 Å². The summed E-state index contributed by atoms with van der Waals surface area (Å²) in [7, 11) is 0. The lowest BCUT2D eigenvalue weighted by Gasteiger charge is -2.14. The number of carboxylic acids is 1. The van der Waals surface area contributed by atoms with Crippen LogP contribution in [0, 0.1) is 5.92 Å². The van der Waals surface area contributed by atoms with Crippen molar-refractivity contribution in [3.05, 3.63) is 78.4 Å². The predicted octanol–water partition coefficient (Wildman–Crippen LogP) is 4.30. The predicted molar refractivity (Wildman–Crippen MR) is 99.3 cm³/mol. The highest BCUT2D eigenvalue weighted by atomic mass is 16.4. The van der Waals surface area contributed by atoms with Gasteiger partial charge in [0.25, 0.3) is 0 Å². The number of hydrogen-bond acceptors (Lipinski definition) is 2. The molecule has 2 aromatic carbocycles. The van der Waals surface area contributed by atoms with Gasteiger partial charge in [-0.05, 0) is 49.0 Å². The molecule has 0 radical (unpaired) electrons. The van der Waals surface area contributed by atoms with E-state index in [1.165, 1.54) is 11.6 Å². The Balaban J connectivity index is 1.88. The molecule has 0 unspecified atom stereocenters. The number of amides is 1. The van der Waals surface area contributed by atoms with E-state index in [1.807, 2.05) is 66.7 Å². The highest BCUT2D eigenvalue weighted by molar-refractivity contribution is 5.99. The first-order valence-corrected chi connectivity index (χ1v) is 8.42. The van der Waals surface area contributed by atoms with E-state index in [1.54, 1.807) is 0 Å². The van der Waals surface area contributed by atoms with Crippen LogP contribution in [0.1, 0.15) is 24.8 Å². The molecule has 2 N–H and O–H groups in total. The molecule has 0 heterocycles. The Morgan fingerprint density at radius 3 is 2.28 bits per heavy atom. The zero-order valence-corrected chi connectivity index (χ0v) is 14.1. The monoisotopic (exact) mass is 337 g/mol. The summed E-state index contributed by atoms with van der Waals surface area (Å²) in [5.41, 5.74) is 1.93. The van der Waals surface area contributed by atoms with E-state index in [2.05, 4.69) is 5.32 Å². The van der Waals surface area contributed by atoms with Crippen LogP contribution in [0.4, 0.5) is 5.69 Å². The normalized spacial score (nSPS) is 12.0. The highest BCUT2D eigenvalue weighted by Crippen LogP contribution is 2.18. The SMILES string of the molecule is O=C(O)CC[C@H](C/C=C/C(=O)Nc1ccccc1)Cc1ccccc1. The van der Waals surface area contributed by atoms with Crippen molar-refractivity contribution in [3.63, 3.8) is 0 Å². The zero-order valence-electron chi connectivity index (χ0n) is 14.1. The van der Waals surface area contributed by atoms with E-state index < -0.39 is 5.97 Å². The highest BCUT2D eigenvalue weighted by Gasteiger charge is 2.11. The second-order valence-electron chi connectivity index (χ2n) is 5.98. The number of rotatable bonds is 9. The van der Waals surface area contributed by atoms with Crippen molar-refractivity contribution in [2.24, 2.45) is 5.92 Å². The molecule has 25 heavy (non-hydrogen) atoms. The first-order valence-electron chi connectivity index (χ1n) is 8.42. The number of carboxylic acid groups (broad SMARTS) is 1. The minimum Gasteiger partial charge on any atom is -0.481 e. The van der Waals surface area contributed by atoms with Crippen LogP contribution >= 0.6 is 0 Å². The van der Waals surface area contributed by atoms with Gasteiger partial charge in [-0.25, -0.2) is 0 Å². The molecule has 4 heteroatoms. The molecule has 0 saturated carbocycles. The van der Waals surface area contributed by atoms with Gasteiger partial charge in [0.15, 0.2) is 0 Å². The van der Waals surface area contributed by atoms with Crippen molar-refractivity contribution in [2.75, 3.05) is 5.32 Å². The van der Waals surface area contributed by atoms with E-state index in [9.17, 15) is 9.59 Å². The van der Waals surface area contributed by atoms with Crippen molar-refractivity contribution >= 4 is 17.6 Å². The van der Waals surface area contributed by atoms with Crippen LogP contribution in [0.2, 0.25) is 0 Å². The average molecular weight is 337 g/mol. The van der Waals surface area contributed by atoms with Crippen LogP contribution < -0.4 is 5.32 Å². The number of aliphatic carboxylic acids is 1. The maximum absolute atomic E-state index is 11.9. The third-order valence-electron chi connectivity index (χ3n) is 3.91. The lowest BCUT2D eigenvalue weighted by Crippen LogP contribution is -2.09. The molecule has 0 fully saturated rings. The summed E-state index contributed by atoms with van der Waals surface area (Å²) < 4.78 is 0. The van der Waals surface area contributed by atoms with Crippen molar-refractivity contribution < 1.29 is 14.7 Å². The molecule has 0 aliphatic heterocycles. The van der Waals surface area contributed by atoms with E-state index in [-0.39, 0.29) is 18.2 Å². The molecule has 130 valence electrons. The van der Waals surface area contributed by atoms with Gasteiger partial charge >= 0.3 is 5.97 Å². The zero-order chi connectivity index (χ0) is 17.9. The van der Waals surface area contributed by atoms with E-state index in [0.717, 1.165) is 12.1 Å². The summed E-state index contributed by atoms with van der Waals surface area (Å²) in [5.74, 6) is -0.772. The van der Waals surface area contributed by atoms with E-state index in [0.29, 0.717) is 12.8 Å². The van der Waals surface area contributed by atoms with Crippen LogP contribution in [-0.4, -0.2) is 17.0 Å². The number of anilines is 1. The Hall–Kier alpha value is -2.88. The minimum absolute atomic E-state index is 0.140. The fourth-order valence-corrected chi connectivity index (χ4v) is 2.65. The van der Waals surface area contributed by atoms with Crippen LogP contribution in [-0.2, 0) is 16.0 Å². The summed E-state index contributed by atoms with van der Waals surface area (Å²) in [6, 6.07) is 19.3. The smallest absolute Gasteiger partial charge is 0.303 e. The maximum atomic E-state index is 11.9. The van der Waals surface area contributed by atoms with Gasteiger partial charge in [0.05, 0.1) is 0 Å². The van der Waals surface area contributed by atoms with Gasteiger partial charge in [0.2, 0.25) is 5.91 Å². The molecule has 0 bridgehead atoms. The van der Waals surface area contributed by atoms with Crippen molar-refractivity contribution in [2.45, 2.75) is 25.7 Å². The fourth-order valence-electron chi connectivity index (χ4n) is 2.65. The first-order chi connectivity index (χ1) is 12.1. The van der Waals surface area contributed by atoms with Crippen molar-refractivity contribution in [1.29, 1.82) is 0 Å². The second-order valence-corrected chi connectivity index (χ2v) is 5.98. The average Bonchev–Trinajstić information content (AvgIpc) is 2.61. The Morgan fingerprint density at radius 1 is 1.00 bits per heavy atom. The molecule has 2 aromatic rings. The first kappa shape index (κ1) is 18.5. The fraction of sp³-hybridized carbons (Fsp3) is 0.238. The summed E-state index contributed by atoms with van der Waals surface area (Å²) in [4.78, 5) is 22.8. The number of carbonyl (C=O) groups is 2. The number of nitrogens with one attached hydrogen (secondary N) is 1. The molecule has 0 aromatic heterocycles. The van der Waals surface area contributed by atoms with Crippen LogP contribution in [0.5, 0.6) is 0 Å². The Bertz CT molecular complexity index is 696. The standard InChI is InChI=1S/C21H23NO3/c23-20(22-19-11-5-2-6-12-19)13-7-10-18(14-15-21(24)25)16-17-8-3-1-4-9-17/h1-9,11-13,18H,10,14-16H2,(H,22,23)(H,24,25)/b13-7+/t18-/m0/s1. The Morgan fingerprint density at radius 2 is 1.64 bits per heavy atom. The summed E-state index contributed by atoms with van der Waals surface area (Å²) >= 11 is 0. The van der Waals surface area contributed by atoms with Gasteiger partial charge in [-0.3, -0.25) is 9.59 Å². The van der Waals surface area contributed by atoms with Gasteiger partial charge in [-0.1, -0.05) is 54.6 Å². The Kier molecular flexibility index (Phi) is 7.44. The third-order valence-corrected chi connectivity index (χ3v) is 3.91. The van der Waals surface area contributed by atoms with Gasteiger partial charge in [0.1, 0.15) is 0 Å². The molecule has 0 aliphatic carbocycles. The van der Waals surface area contributed by atoms with Crippen LogP contribution in [0.25, 0.3) is 0 Å². The molecule has 1 amide bonds. The summed E-state index contributed by atoms with van der Waals surface area (Å²) in [6.07, 6.45) is 5.55. The molecule has 0 spiro atoms. The van der Waals surface area contributed by atoms with Gasteiger partial charge in [-0.15, -0.1) is 0 Å². The molecule has 0 aliphatic rings. The number of benzene rings is 2. The number of allylic oxidation sites excluding steroid dienone is 1. The largest absolute Gasteiger partial charge is 0.481 e. The molecular weight excluding hydrogens is 314 g/mol. The lowest BCUT2D eigenvalue weighted by molar-refractivity contribution is -0.137. The maximum Gasteiger partial charge on any atom is 0.303 e. The van der Waals surface area contributed by atoms with Crippen molar-refractivity contribution in [1.82, 2.24) is 0 Å². The summed E-state index contributed by atoms with van der Waals surface area (Å²) in [6.45, 7) is 0. The second kappa shape index (κ2) is 10.1. The van der Waals surface area contributed by atoms with Crippen molar-refractivity contribution in [3.8, 4) is 0 Å². The topological polar surface area (TPSA) is 66.4 Å². The molecular formula is C21H23NO3. The molecule has 1 atom stereocenters. The van der Waals surface area contributed by atoms with Crippen LogP contribution in [0.15, 0.2) is 72.8 Å². The molecule has 0 saturated heterocycles. The van der Waals surface area contributed by atoms with Crippen LogP contribution in [0.3, 0.4) is 0 Å². The van der Waals surface area contributed by atoms with E-state index >= 15 is 0 Å². The lowest BCUT2D eigenvalue weighted by atomic mass is 9.91. The quantitative estimate of drug-likeness (QED) is 0.671. The minimum atomic E-state index is -0.788. The third kappa shape index (κ3) is 7.48.